The van der Waals surface area contributed by atoms with Crippen molar-refractivity contribution >= 4 is 11.6 Å². The molecule has 0 bridgehead atoms. The smallest absolute Gasteiger partial charge is 0.0408 e. The molecule has 0 N–H and O–H groups in total. The molecule has 0 radical (unpaired) electrons. The van der Waals surface area contributed by atoms with Gasteiger partial charge in [0.25, 0.3) is 0 Å². The average Bonchev–Trinajstić information content (AvgIpc) is 2.46. The molecule has 1 saturated carbocycles. The van der Waals surface area contributed by atoms with Crippen molar-refractivity contribution in [2.45, 2.75) is 65.3 Å². The highest BCUT2D eigenvalue weighted by Crippen LogP contribution is 2.38. The van der Waals surface area contributed by atoms with Gasteiger partial charge in [-0.15, -0.1) is 0 Å². The number of halogens is 1. The lowest BCUT2D eigenvalue weighted by Crippen LogP contribution is -2.48. The highest BCUT2D eigenvalue weighted by molar-refractivity contribution is 6.30. The lowest BCUT2D eigenvalue weighted by atomic mass is 9.73. The predicted molar refractivity (Wildman–Crippen MR) is 95.3 cm³/mol. The van der Waals surface area contributed by atoms with E-state index < -0.39 is 0 Å². The van der Waals surface area contributed by atoms with Gasteiger partial charge in [0.1, 0.15) is 0 Å². The molecular weight excluding hydrogens is 278 g/mol. The van der Waals surface area contributed by atoms with E-state index >= 15 is 0 Å². The molecule has 1 aromatic carbocycles. The second kappa shape index (κ2) is 8.19. The molecule has 0 amide bonds. The SMILES string of the molecule is CC.Cc1cc(Cl)ccc1CC1(N(C)C)CCC(C)CC1. The van der Waals surface area contributed by atoms with Crippen molar-refractivity contribution < 1.29 is 0 Å². The summed E-state index contributed by atoms with van der Waals surface area (Å²) in [5.41, 5.74) is 3.12. The minimum absolute atomic E-state index is 0.338. The van der Waals surface area contributed by atoms with Gasteiger partial charge in [0.05, 0.1) is 0 Å². The number of benzene rings is 1. The molecule has 0 aliphatic heterocycles. The number of hydrogen-bond donors (Lipinski definition) is 0. The molecule has 1 aromatic rings. The molecule has 21 heavy (non-hydrogen) atoms. The van der Waals surface area contributed by atoms with Gasteiger partial charge < -0.3 is 4.90 Å². The first-order valence-electron chi connectivity index (χ1n) is 8.35. The van der Waals surface area contributed by atoms with Crippen molar-refractivity contribution in [3.8, 4) is 0 Å². The molecule has 1 aliphatic rings. The highest BCUT2D eigenvalue weighted by atomic mass is 35.5. The van der Waals surface area contributed by atoms with Gasteiger partial charge in [0, 0.05) is 10.6 Å². The van der Waals surface area contributed by atoms with E-state index in [1.165, 1.54) is 36.8 Å². The third kappa shape index (κ3) is 4.72. The van der Waals surface area contributed by atoms with E-state index in [4.69, 9.17) is 11.6 Å². The maximum Gasteiger partial charge on any atom is 0.0408 e. The van der Waals surface area contributed by atoms with E-state index in [2.05, 4.69) is 45.0 Å². The van der Waals surface area contributed by atoms with Crippen LogP contribution in [0.15, 0.2) is 18.2 Å². The summed E-state index contributed by atoms with van der Waals surface area (Å²) in [6.07, 6.45) is 6.47. The minimum atomic E-state index is 0.338. The van der Waals surface area contributed by atoms with Crippen molar-refractivity contribution in [3.63, 3.8) is 0 Å². The zero-order valence-corrected chi connectivity index (χ0v) is 15.4. The monoisotopic (exact) mass is 309 g/mol. The van der Waals surface area contributed by atoms with Crippen LogP contribution in [0.2, 0.25) is 5.02 Å². The molecule has 1 nitrogen and oxygen atoms in total. The Kier molecular flexibility index (Phi) is 7.23. The van der Waals surface area contributed by atoms with Crippen LogP contribution in [0.25, 0.3) is 0 Å². The third-order valence-electron chi connectivity index (χ3n) is 4.98. The maximum atomic E-state index is 6.07. The highest BCUT2D eigenvalue weighted by Gasteiger charge is 2.36. The molecule has 0 aromatic heterocycles. The van der Waals surface area contributed by atoms with E-state index in [0.29, 0.717) is 5.54 Å². The Morgan fingerprint density at radius 1 is 1.19 bits per heavy atom. The first-order chi connectivity index (χ1) is 9.93. The molecule has 1 aliphatic carbocycles. The van der Waals surface area contributed by atoms with Crippen LogP contribution in [0, 0.1) is 12.8 Å². The van der Waals surface area contributed by atoms with Gasteiger partial charge in [0.2, 0.25) is 0 Å². The lowest BCUT2D eigenvalue weighted by molar-refractivity contribution is 0.0828. The Morgan fingerprint density at radius 3 is 2.24 bits per heavy atom. The molecule has 0 saturated heterocycles. The zero-order valence-electron chi connectivity index (χ0n) is 14.7. The number of nitrogens with zero attached hydrogens (tertiary/aromatic N) is 1. The molecule has 0 heterocycles. The fourth-order valence-electron chi connectivity index (χ4n) is 3.29. The van der Waals surface area contributed by atoms with Gasteiger partial charge in [-0.05, 0) is 82.3 Å². The summed E-state index contributed by atoms with van der Waals surface area (Å²) in [5.74, 6) is 0.888. The van der Waals surface area contributed by atoms with Crippen molar-refractivity contribution in [2.75, 3.05) is 14.1 Å². The Hall–Kier alpha value is -0.530. The Balaban J connectivity index is 0.00000106. The van der Waals surface area contributed by atoms with Gasteiger partial charge in [-0.1, -0.05) is 38.4 Å². The normalized spacial score (nSPS) is 25.4. The van der Waals surface area contributed by atoms with Gasteiger partial charge in [0.15, 0.2) is 0 Å². The van der Waals surface area contributed by atoms with Crippen LogP contribution in [0.4, 0.5) is 0 Å². The van der Waals surface area contributed by atoms with Gasteiger partial charge in [-0.2, -0.15) is 0 Å². The van der Waals surface area contributed by atoms with Crippen LogP contribution in [-0.4, -0.2) is 24.5 Å². The van der Waals surface area contributed by atoms with Crippen LogP contribution in [0.5, 0.6) is 0 Å². The average molecular weight is 310 g/mol. The van der Waals surface area contributed by atoms with Gasteiger partial charge in [-0.3, -0.25) is 0 Å². The summed E-state index contributed by atoms with van der Waals surface area (Å²) in [7, 11) is 4.47. The Bertz CT molecular complexity index is 431. The molecule has 120 valence electrons. The maximum absolute atomic E-state index is 6.07. The van der Waals surface area contributed by atoms with E-state index in [-0.39, 0.29) is 0 Å². The second-order valence-corrected chi connectivity index (χ2v) is 6.99. The summed E-state index contributed by atoms with van der Waals surface area (Å²) in [5, 5.41) is 0.845. The van der Waals surface area contributed by atoms with E-state index in [9.17, 15) is 0 Å². The topological polar surface area (TPSA) is 3.24 Å². The standard InChI is InChI=1S/C17H26ClN.C2H6/c1-13-7-9-17(10-8-13,19(3)4)12-15-5-6-16(18)11-14(15)2;1-2/h5-6,11,13H,7-10,12H2,1-4H3;1-2H3. The van der Waals surface area contributed by atoms with Crippen molar-refractivity contribution in [1.29, 1.82) is 0 Å². The second-order valence-electron chi connectivity index (χ2n) is 6.55. The molecule has 2 heteroatoms. The molecule has 0 atom stereocenters. The predicted octanol–water partition coefficient (Wildman–Crippen LogP) is 5.73. The Labute approximate surface area is 136 Å². The lowest BCUT2D eigenvalue weighted by Gasteiger charge is -2.45. The molecular formula is C19H32ClN. The zero-order chi connectivity index (χ0) is 16.0. The first-order valence-corrected chi connectivity index (χ1v) is 8.73. The van der Waals surface area contributed by atoms with E-state index in [0.717, 1.165) is 17.4 Å². The molecule has 2 rings (SSSR count). The van der Waals surface area contributed by atoms with Crippen LogP contribution in [0.1, 0.15) is 57.6 Å². The quantitative estimate of drug-likeness (QED) is 0.689. The fraction of sp³-hybridized carbons (Fsp3) is 0.684. The molecule has 0 spiro atoms. The number of rotatable bonds is 3. The summed E-state index contributed by atoms with van der Waals surface area (Å²) >= 11 is 6.07. The Morgan fingerprint density at radius 2 is 1.76 bits per heavy atom. The first kappa shape index (κ1) is 18.5. The fourth-order valence-corrected chi connectivity index (χ4v) is 3.52. The van der Waals surface area contributed by atoms with Gasteiger partial charge >= 0.3 is 0 Å². The summed E-state index contributed by atoms with van der Waals surface area (Å²) in [6, 6.07) is 6.32. The van der Waals surface area contributed by atoms with Crippen LogP contribution < -0.4 is 0 Å². The van der Waals surface area contributed by atoms with E-state index in [1.807, 2.05) is 19.9 Å². The van der Waals surface area contributed by atoms with E-state index in [1.54, 1.807) is 0 Å². The largest absolute Gasteiger partial charge is 0.303 e. The summed E-state index contributed by atoms with van der Waals surface area (Å²) < 4.78 is 0. The molecule has 1 fully saturated rings. The summed E-state index contributed by atoms with van der Waals surface area (Å²) in [4.78, 5) is 2.45. The number of likely N-dealkylation sites (N-methyl/N-ethyl adjacent to an activating group) is 1. The number of aryl methyl sites for hydroxylation is 1. The van der Waals surface area contributed by atoms with Crippen LogP contribution in [-0.2, 0) is 6.42 Å². The van der Waals surface area contributed by atoms with Crippen LogP contribution in [0.3, 0.4) is 0 Å². The minimum Gasteiger partial charge on any atom is -0.303 e. The summed E-state index contributed by atoms with van der Waals surface area (Å²) in [6.45, 7) is 8.56. The van der Waals surface area contributed by atoms with Crippen molar-refractivity contribution in [1.82, 2.24) is 4.90 Å². The van der Waals surface area contributed by atoms with Crippen LogP contribution >= 0.6 is 11.6 Å². The van der Waals surface area contributed by atoms with Crippen molar-refractivity contribution in [2.24, 2.45) is 5.92 Å². The van der Waals surface area contributed by atoms with Crippen molar-refractivity contribution in [3.05, 3.63) is 34.3 Å². The third-order valence-corrected chi connectivity index (χ3v) is 5.21. The van der Waals surface area contributed by atoms with Gasteiger partial charge in [-0.25, -0.2) is 0 Å². The number of hydrogen-bond acceptors (Lipinski definition) is 1. The molecule has 0 unspecified atom stereocenters.